The fourth-order valence-corrected chi connectivity index (χ4v) is 1.16. The third kappa shape index (κ3) is 3.72. The molecule has 0 amide bonds. The molecule has 1 N–H and O–H groups in total. The zero-order chi connectivity index (χ0) is 11.3. The topological polar surface area (TPSA) is 46.5 Å². The number of benzene rings is 1. The molecule has 15 heavy (non-hydrogen) atoms. The molecule has 0 bridgehead atoms. The average molecular weight is 208 g/mol. The summed E-state index contributed by atoms with van der Waals surface area (Å²) in [6.45, 7) is 3.97. The molecular formula is C12H16O3. The lowest BCUT2D eigenvalue weighted by atomic mass is 10.1. The molecule has 0 aromatic heterocycles. The monoisotopic (exact) mass is 208 g/mol. The third-order valence-corrected chi connectivity index (χ3v) is 2.28. The summed E-state index contributed by atoms with van der Waals surface area (Å²) in [5.41, 5.74) is 2.27. The number of carbonyl (C=O) groups is 1. The third-order valence-electron chi connectivity index (χ3n) is 2.28. The van der Waals surface area contributed by atoms with Crippen LogP contribution in [0, 0.1) is 0 Å². The molecule has 0 fully saturated rings. The lowest BCUT2D eigenvalue weighted by Crippen LogP contribution is -2.19. The second kappa shape index (κ2) is 5.51. The van der Waals surface area contributed by atoms with E-state index < -0.39 is 12.1 Å². The Hall–Kier alpha value is -1.35. The Morgan fingerprint density at radius 2 is 1.87 bits per heavy atom. The van der Waals surface area contributed by atoms with Gasteiger partial charge in [0.05, 0.1) is 6.61 Å². The highest BCUT2D eigenvalue weighted by Crippen LogP contribution is 2.07. The second-order valence-corrected chi connectivity index (χ2v) is 3.46. The first kappa shape index (κ1) is 11.7. The number of carboxylic acids is 1. The zero-order valence-corrected chi connectivity index (χ0v) is 9.06. The SMILES string of the molecule is CCc1ccc(CO[C@@H](C)C(=O)O)cc1. The Balaban J connectivity index is 2.47. The number of hydrogen-bond donors (Lipinski definition) is 1. The quantitative estimate of drug-likeness (QED) is 0.807. The van der Waals surface area contributed by atoms with E-state index >= 15 is 0 Å². The maximum absolute atomic E-state index is 10.5. The largest absolute Gasteiger partial charge is 0.479 e. The van der Waals surface area contributed by atoms with Crippen LogP contribution in [0.25, 0.3) is 0 Å². The molecule has 0 saturated heterocycles. The number of carboxylic acid groups (broad SMARTS) is 1. The van der Waals surface area contributed by atoms with Gasteiger partial charge in [-0.15, -0.1) is 0 Å². The van der Waals surface area contributed by atoms with Crippen molar-refractivity contribution in [1.29, 1.82) is 0 Å². The van der Waals surface area contributed by atoms with Gasteiger partial charge in [-0.1, -0.05) is 31.2 Å². The van der Waals surface area contributed by atoms with Gasteiger partial charge in [0.25, 0.3) is 0 Å². The van der Waals surface area contributed by atoms with Gasteiger partial charge in [-0.3, -0.25) is 0 Å². The van der Waals surface area contributed by atoms with Crippen molar-refractivity contribution >= 4 is 5.97 Å². The van der Waals surface area contributed by atoms with Crippen molar-refractivity contribution in [3.05, 3.63) is 35.4 Å². The molecule has 3 nitrogen and oxygen atoms in total. The van der Waals surface area contributed by atoms with Gasteiger partial charge in [0.2, 0.25) is 0 Å². The summed E-state index contributed by atoms with van der Waals surface area (Å²) in [6.07, 6.45) is 0.253. The molecule has 0 aliphatic carbocycles. The van der Waals surface area contributed by atoms with Crippen molar-refractivity contribution in [1.82, 2.24) is 0 Å². The molecular weight excluding hydrogens is 192 g/mol. The molecule has 82 valence electrons. The molecule has 3 heteroatoms. The predicted octanol–water partition coefficient (Wildman–Crippen LogP) is 2.24. The summed E-state index contributed by atoms with van der Waals surface area (Å²) >= 11 is 0. The van der Waals surface area contributed by atoms with Gasteiger partial charge in [0.1, 0.15) is 0 Å². The van der Waals surface area contributed by atoms with E-state index in [1.165, 1.54) is 12.5 Å². The van der Waals surface area contributed by atoms with Crippen LogP contribution in [0.5, 0.6) is 0 Å². The van der Waals surface area contributed by atoms with Crippen molar-refractivity contribution < 1.29 is 14.6 Å². The standard InChI is InChI=1S/C12H16O3/c1-3-10-4-6-11(7-5-10)8-15-9(2)12(13)14/h4-7,9H,3,8H2,1-2H3,(H,13,14)/t9-/m0/s1. The van der Waals surface area contributed by atoms with E-state index in [1.54, 1.807) is 0 Å². The van der Waals surface area contributed by atoms with Crippen LogP contribution in [0.1, 0.15) is 25.0 Å². The predicted molar refractivity (Wildman–Crippen MR) is 57.7 cm³/mol. The van der Waals surface area contributed by atoms with Crippen molar-refractivity contribution in [3.8, 4) is 0 Å². The van der Waals surface area contributed by atoms with Gasteiger partial charge < -0.3 is 9.84 Å². The first-order valence-electron chi connectivity index (χ1n) is 5.05. The molecule has 0 aliphatic heterocycles. The minimum atomic E-state index is -0.930. The summed E-state index contributed by atoms with van der Waals surface area (Å²) in [7, 11) is 0. The minimum Gasteiger partial charge on any atom is -0.479 e. The number of hydrogen-bond acceptors (Lipinski definition) is 2. The fourth-order valence-electron chi connectivity index (χ4n) is 1.16. The second-order valence-electron chi connectivity index (χ2n) is 3.46. The molecule has 0 unspecified atom stereocenters. The smallest absolute Gasteiger partial charge is 0.332 e. The van der Waals surface area contributed by atoms with Crippen LogP contribution < -0.4 is 0 Å². The van der Waals surface area contributed by atoms with Gasteiger partial charge in [0, 0.05) is 0 Å². The molecule has 0 spiro atoms. The summed E-state index contributed by atoms with van der Waals surface area (Å²) < 4.78 is 5.16. The Morgan fingerprint density at radius 1 is 1.33 bits per heavy atom. The summed E-state index contributed by atoms with van der Waals surface area (Å²) in [4.78, 5) is 10.5. The minimum absolute atomic E-state index is 0.345. The van der Waals surface area contributed by atoms with Gasteiger partial charge in [-0.2, -0.15) is 0 Å². The van der Waals surface area contributed by atoms with E-state index in [-0.39, 0.29) is 0 Å². The Morgan fingerprint density at radius 3 is 2.33 bits per heavy atom. The highest BCUT2D eigenvalue weighted by molar-refractivity contribution is 5.71. The van der Waals surface area contributed by atoms with Crippen molar-refractivity contribution in [2.45, 2.75) is 33.0 Å². The molecule has 1 atom stereocenters. The first-order valence-corrected chi connectivity index (χ1v) is 5.05. The normalized spacial score (nSPS) is 12.4. The number of ether oxygens (including phenoxy) is 1. The van der Waals surface area contributed by atoms with Crippen LogP contribution >= 0.6 is 0 Å². The molecule has 0 saturated carbocycles. The molecule has 1 aromatic rings. The number of aryl methyl sites for hydroxylation is 1. The van der Waals surface area contributed by atoms with Crippen LogP contribution in [-0.2, 0) is 22.6 Å². The lowest BCUT2D eigenvalue weighted by Gasteiger charge is -2.08. The van der Waals surface area contributed by atoms with E-state index in [1.807, 2.05) is 24.3 Å². The van der Waals surface area contributed by atoms with E-state index in [2.05, 4.69) is 6.92 Å². The van der Waals surface area contributed by atoms with Gasteiger partial charge in [-0.25, -0.2) is 4.79 Å². The Labute approximate surface area is 89.7 Å². The van der Waals surface area contributed by atoms with Gasteiger partial charge in [0.15, 0.2) is 6.10 Å². The van der Waals surface area contributed by atoms with Crippen molar-refractivity contribution in [2.75, 3.05) is 0 Å². The maximum atomic E-state index is 10.5. The van der Waals surface area contributed by atoms with Crippen LogP contribution in [-0.4, -0.2) is 17.2 Å². The van der Waals surface area contributed by atoms with Crippen molar-refractivity contribution in [2.24, 2.45) is 0 Å². The van der Waals surface area contributed by atoms with Gasteiger partial charge in [-0.05, 0) is 24.5 Å². The molecule has 1 aromatic carbocycles. The Bertz CT molecular complexity index is 316. The van der Waals surface area contributed by atoms with Crippen LogP contribution in [0.3, 0.4) is 0 Å². The van der Waals surface area contributed by atoms with E-state index in [4.69, 9.17) is 9.84 Å². The van der Waals surface area contributed by atoms with Crippen molar-refractivity contribution in [3.63, 3.8) is 0 Å². The maximum Gasteiger partial charge on any atom is 0.332 e. The number of rotatable bonds is 5. The van der Waals surface area contributed by atoms with E-state index in [9.17, 15) is 4.79 Å². The van der Waals surface area contributed by atoms with Crippen LogP contribution in [0.4, 0.5) is 0 Å². The highest BCUT2D eigenvalue weighted by atomic mass is 16.5. The first-order chi connectivity index (χ1) is 7.13. The van der Waals surface area contributed by atoms with E-state index in [0.717, 1.165) is 12.0 Å². The lowest BCUT2D eigenvalue weighted by molar-refractivity contribution is -0.149. The van der Waals surface area contributed by atoms with Crippen LogP contribution in [0.2, 0.25) is 0 Å². The molecule has 0 heterocycles. The Kier molecular flexibility index (Phi) is 4.31. The molecule has 0 aliphatic rings. The molecule has 0 radical (unpaired) electrons. The highest BCUT2D eigenvalue weighted by Gasteiger charge is 2.10. The number of aliphatic carboxylic acids is 1. The fraction of sp³-hybridized carbons (Fsp3) is 0.417. The van der Waals surface area contributed by atoms with E-state index in [0.29, 0.717) is 6.61 Å². The average Bonchev–Trinajstić information content (AvgIpc) is 2.26. The van der Waals surface area contributed by atoms with Crippen LogP contribution in [0.15, 0.2) is 24.3 Å². The summed E-state index contributed by atoms with van der Waals surface area (Å²) in [6, 6.07) is 8.00. The molecule has 1 rings (SSSR count). The summed E-state index contributed by atoms with van der Waals surface area (Å²) in [5.74, 6) is -0.930. The zero-order valence-electron chi connectivity index (χ0n) is 9.06. The summed E-state index contributed by atoms with van der Waals surface area (Å²) in [5, 5.41) is 8.62. The van der Waals surface area contributed by atoms with Gasteiger partial charge >= 0.3 is 5.97 Å².